The Kier molecular flexibility index (Phi) is 6.99. The SMILES string of the molecule is Cc1nc(-c2ccncc2)sc1C(=O)Nc1cn2nc(-c3c(-c4ccc(F)cc4)nn(C)c3C3CCNCC3)ccc2n1. The van der Waals surface area contributed by atoms with Crippen molar-refractivity contribution in [1.82, 2.24) is 39.7 Å². The van der Waals surface area contributed by atoms with Crippen LogP contribution in [0.2, 0.25) is 0 Å². The number of anilines is 1. The summed E-state index contributed by atoms with van der Waals surface area (Å²) in [5.41, 5.74) is 6.47. The van der Waals surface area contributed by atoms with Gasteiger partial charge < -0.3 is 10.6 Å². The van der Waals surface area contributed by atoms with Crippen molar-refractivity contribution in [2.75, 3.05) is 18.4 Å². The maximum Gasteiger partial charge on any atom is 0.268 e. The number of aromatic nitrogens is 7. The van der Waals surface area contributed by atoms with Gasteiger partial charge in [-0.15, -0.1) is 11.3 Å². The van der Waals surface area contributed by atoms with E-state index in [9.17, 15) is 9.18 Å². The molecule has 1 aliphatic heterocycles. The first-order chi connectivity index (χ1) is 20.9. The Morgan fingerprint density at radius 3 is 2.53 bits per heavy atom. The average Bonchev–Trinajstić information content (AvgIpc) is 3.72. The summed E-state index contributed by atoms with van der Waals surface area (Å²) in [6.45, 7) is 3.68. The van der Waals surface area contributed by atoms with Crippen LogP contribution in [0, 0.1) is 12.7 Å². The highest BCUT2D eigenvalue weighted by molar-refractivity contribution is 7.17. The summed E-state index contributed by atoms with van der Waals surface area (Å²) in [6, 6.07) is 13.9. The molecule has 0 unspecified atom stereocenters. The van der Waals surface area contributed by atoms with Crippen LogP contribution < -0.4 is 10.6 Å². The number of hydrogen-bond donors (Lipinski definition) is 2. The number of halogens is 1. The Labute approximate surface area is 250 Å². The molecule has 0 atom stereocenters. The summed E-state index contributed by atoms with van der Waals surface area (Å²) >= 11 is 1.33. The van der Waals surface area contributed by atoms with Gasteiger partial charge in [0.15, 0.2) is 11.5 Å². The largest absolute Gasteiger partial charge is 0.317 e. The van der Waals surface area contributed by atoms with E-state index < -0.39 is 0 Å². The summed E-state index contributed by atoms with van der Waals surface area (Å²) < 4.78 is 17.4. The van der Waals surface area contributed by atoms with E-state index in [0.717, 1.165) is 64.7 Å². The van der Waals surface area contributed by atoms with Crippen LogP contribution in [-0.2, 0) is 7.05 Å². The molecule has 6 heterocycles. The Balaban J connectivity index is 1.23. The topological polar surface area (TPSA) is 115 Å². The van der Waals surface area contributed by atoms with Crippen molar-refractivity contribution in [3.05, 3.63) is 89.2 Å². The monoisotopic (exact) mass is 593 g/mol. The number of amides is 1. The molecule has 6 aromatic rings. The highest BCUT2D eigenvalue weighted by Crippen LogP contribution is 2.39. The van der Waals surface area contributed by atoms with Crippen LogP contribution in [0.1, 0.15) is 39.8 Å². The smallest absolute Gasteiger partial charge is 0.268 e. The molecule has 0 aliphatic carbocycles. The summed E-state index contributed by atoms with van der Waals surface area (Å²) in [5.74, 6) is 0.113. The first-order valence-corrected chi connectivity index (χ1v) is 14.9. The first kappa shape index (κ1) is 27.0. The van der Waals surface area contributed by atoms with Crippen molar-refractivity contribution in [2.45, 2.75) is 25.7 Å². The van der Waals surface area contributed by atoms with Crippen LogP contribution >= 0.6 is 11.3 Å². The molecule has 0 spiro atoms. The van der Waals surface area contributed by atoms with Crippen molar-refractivity contribution in [3.63, 3.8) is 0 Å². The number of carbonyl (C=O) groups excluding carboxylic acids is 1. The number of nitrogens with one attached hydrogen (secondary N) is 2. The van der Waals surface area contributed by atoms with Gasteiger partial charge in [0.25, 0.3) is 5.91 Å². The molecule has 0 saturated carbocycles. The van der Waals surface area contributed by atoms with Crippen molar-refractivity contribution in [2.24, 2.45) is 7.05 Å². The molecule has 0 radical (unpaired) electrons. The zero-order chi connectivity index (χ0) is 29.5. The highest BCUT2D eigenvalue weighted by atomic mass is 32.1. The fourth-order valence-electron chi connectivity index (χ4n) is 5.64. The molecule has 5 aromatic heterocycles. The average molecular weight is 594 g/mol. The summed E-state index contributed by atoms with van der Waals surface area (Å²) in [7, 11) is 1.96. The predicted octanol–water partition coefficient (Wildman–Crippen LogP) is 5.48. The van der Waals surface area contributed by atoms with E-state index in [4.69, 9.17) is 10.2 Å². The lowest BCUT2D eigenvalue weighted by Crippen LogP contribution is -2.27. The molecule has 7 rings (SSSR count). The van der Waals surface area contributed by atoms with Crippen LogP contribution in [0.4, 0.5) is 10.2 Å². The van der Waals surface area contributed by atoms with E-state index in [2.05, 4.69) is 25.6 Å². The van der Waals surface area contributed by atoms with E-state index in [0.29, 0.717) is 28.0 Å². The van der Waals surface area contributed by atoms with E-state index in [1.165, 1.54) is 23.5 Å². The van der Waals surface area contributed by atoms with Crippen LogP contribution in [0.15, 0.2) is 67.1 Å². The number of thiazole rings is 1. The molecule has 1 aromatic carbocycles. The Morgan fingerprint density at radius 2 is 1.77 bits per heavy atom. The number of fused-ring (bicyclic) bond motifs is 1. The standard InChI is InChI=1S/C31H28FN9OS/c1-18-29(43-31(35-18)21-11-15-34-16-12-21)30(42)37-24-17-41-25(36-24)8-7-23(38-41)26-27(19-3-5-22(32)6-4-19)39-40(2)28(26)20-9-13-33-14-10-20/h3-8,11-12,15-17,20,33H,9-10,13-14H2,1-2H3,(H,37,42). The molecule has 43 heavy (non-hydrogen) atoms. The first-order valence-electron chi connectivity index (χ1n) is 14.0. The molecule has 1 saturated heterocycles. The number of benzene rings is 1. The second-order valence-electron chi connectivity index (χ2n) is 10.5. The number of hydrogen-bond acceptors (Lipinski definition) is 8. The second kappa shape index (κ2) is 11.1. The molecular weight excluding hydrogens is 565 g/mol. The van der Waals surface area contributed by atoms with Crippen molar-refractivity contribution in [1.29, 1.82) is 0 Å². The van der Waals surface area contributed by atoms with Gasteiger partial charge in [-0.2, -0.15) is 10.2 Å². The third-order valence-electron chi connectivity index (χ3n) is 7.68. The van der Waals surface area contributed by atoms with Crippen molar-refractivity contribution >= 4 is 28.7 Å². The minimum absolute atomic E-state index is 0.280. The zero-order valence-electron chi connectivity index (χ0n) is 23.6. The summed E-state index contributed by atoms with van der Waals surface area (Å²) in [4.78, 5) is 27.0. The lowest BCUT2D eigenvalue weighted by molar-refractivity contribution is 0.102. The van der Waals surface area contributed by atoms with Gasteiger partial charge in [0.1, 0.15) is 21.4 Å². The fourth-order valence-corrected chi connectivity index (χ4v) is 6.60. The number of pyridine rings is 1. The molecule has 1 aliphatic rings. The number of aryl methyl sites for hydroxylation is 2. The Hall–Kier alpha value is -4.81. The van der Waals surface area contributed by atoms with E-state index in [1.54, 1.807) is 35.2 Å². The minimum Gasteiger partial charge on any atom is -0.317 e. The lowest BCUT2D eigenvalue weighted by atomic mass is 9.89. The highest BCUT2D eigenvalue weighted by Gasteiger charge is 2.28. The number of carbonyl (C=O) groups is 1. The molecule has 2 N–H and O–H groups in total. The van der Waals surface area contributed by atoms with E-state index in [1.807, 2.05) is 42.9 Å². The number of rotatable bonds is 6. The molecule has 0 bridgehead atoms. The summed E-state index contributed by atoms with van der Waals surface area (Å²) in [5, 5.41) is 16.9. The third-order valence-corrected chi connectivity index (χ3v) is 8.89. The maximum absolute atomic E-state index is 13.8. The van der Waals surface area contributed by atoms with Gasteiger partial charge in [-0.3, -0.25) is 14.5 Å². The van der Waals surface area contributed by atoms with Gasteiger partial charge in [-0.1, -0.05) is 0 Å². The lowest BCUT2D eigenvalue weighted by Gasteiger charge is -2.24. The molecule has 12 heteroatoms. The molecular formula is C31H28FN9OS. The van der Waals surface area contributed by atoms with Crippen LogP contribution in [0.5, 0.6) is 0 Å². The Morgan fingerprint density at radius 1 is 1.00 bits per heavy atom. The quantitative estimate of drug-likeness (QED) is 0.263. The van der Waals surface area contributed by atoms with E-state index >= 15 is 0 Å². The maximum atomic E-state index is 13.8. The number of piperidine rings is 1. The van der Waals surface area contributed by atoms with Crippen molar-refractivity contribution < 1.29 is 9.18 Å². The number of imidazole rings is 1. The van der Waals surface area contributed by atoms with Gasteiger partial charge >= 0.3 is 0 Å². The van der Waals surface area contributed by atoms with Gasteiger partial charge in [-0.25, -0.2) is 18.9 Å². The van der Waals surface area contributed by atoms with Gasteiger partial charge in [0.05, 0.1) is 28.8 Å². The molecule has 216 valence electrons. The van der Waals surface area contributed by atoms with Crippen LogP contribution in [-0.4, -0.2) is 53.3 Å². The minimum atomic E-state index is -0.297. The normalized spacial score (nSPS) is 13.9. The second-order valence-corrected chi connectivity index (χ2v) is 11.5. The Bertz CT molecular complexity index is 1940. The van der Waals surface area contributed by atoms with Crippen molar-refractivity contribution in [3.8, 4) is 33.1 Å². The van der Waals surface area contributed by atoms with Crippen LogP contribution in [0.25, 0.3) is 38.7 Å². The molecule has 1 fully saturated rings. The number of nitrogens with zero attached hydrogens (tertiary/aromatic N) is 7. The molecule has 1 amide bonds. The molecule has 10 nitrogen and oxygen atoms in total. The summed E-state index contributed by atoms with van der Waals surface area (Å²) in [6.07, 6.45) is 7.08. The third kappa shape index (κ3) is 5.19. The fraction of sp³-hybridized carbons (Fsp3) is 0.226. The van der Waals surface area contributed by atoms with Gasteiger partial charge in [0, 0.05) is 36.5 Å². The van der Waals surface area contributed by atoms with E-state index in [-0.39, 0.29) is 11.7 Å². The zero-order valence-corrected chi connectivity index (χ0v) is 24.4. The van der Waals surface area contributed by atoms with Gasteiger partial charge in [0.2, 0.25) is 0 Å². The predicted molar refractivity (Wildman–Crippen MR) is 163 cm³/mol. The van der Waals surface area contributed by atoms with Crippen LogP contribution in [0.3, 0.4) is 0 Å². The van der Waals surface area contributed by atoms with Gasteiger partial charge in [-0.05, 0) is 81.4 Å².